The van der Waals surface area contributed by atoms with Gasteiger partial charge in [0.1, 0.15) is 11.5 Å². The Labute approximate surface area is 167 Å². The van der Waals surface area contributed by atoms with Gasteiger partial charge in [0.2, 0.25) is 5.91 Å². The molecular formula is C22H31N3O3. The second-order valence-corrected chi connectivity index (χ2v) is 7.61. The zero-order valence-electron chi connectivity index (χ0n) is 17.2. The minimum atomic E-state index is 0.113. The molecule has 1 saturated heterocycles. The average Bonchev–Trinajstić information content (AvgIpc) is 2.94. The van der Waals surface area contributed by atoms with Gasteiger partial charge in [-0.05, 0) is 44.4 Å². The second kappa shape index (κ2) is 9.73. The Bertz CT molecular complexity index is 774. The van der Waals surface area contributed by atoms with E-state index in [0.29, 0.717) is 5.76 Å². The highest BCUT2D eigenvalue weighted by atomic mass is 16.5. The van der Waals surface area contributed by atoms with E-state index in [2.05, 4.69) is 42.1 Å². The quantitative estimate of drug-likeness (QED) is 0.731. The van der Waals surface area contributed by atoms with Crippen LogP contribution < -0.4 is 4.74 Å². The van der Waals surface area contributed by atoms with Crippen LogP contribution in [-0.4, -0.2) is 53.1 Å². The molecule has 1 fully saturated rings. The van der Waals surface area contributed by atoms with Gasteiger partial charge >= 0.3 is 0 Å². The van der Waals surface area contributed by atoms with Gasteiger partial charge in [0.05, 0.1) is 18.2 Å². The van der Waals surface area contributed by atoms with Crippen LogP contribution in [0.5, 0.6) is 5.75 Å². The summed E-state index contributed by atoms with van der Waals surface area (Å²) in [5, 5.41) is 3.86. The molecule has 2 heterocycles. The van der Waals surface area contributed by atoms with Crippen LogP contribution in [0.25, 0.3) is 0 Å². The van der Waals surface area contributed by atoms with Crippen molar-refractivity contribution in [2.45, 2.75) is 52.7 Å². The molecule has 28 heavy (non-hydrogen) atoms. The Balaban J connectivity index is 1.52. The standard InChI is InChI=1S/C22H31N3O3/c1-4-18(3)27-20-8-5-7-19(14-20)16-24-9-6-10-25(12-11-24)22(26)15-21-13-17(2)23-28-21/h5,7-8,13-14,18H,4,6,9-12,15-16H2,1-3H3. The van der Waals surface area contributed by atoms with Crippen LogP contribution in [0.3, 0.4) is 0 Å². The Kier molecular flexibility index (Phi) is 7.09. The average molecular weight is 386 g/mol. The van der Waals surface area contributed by atoms with E-state index in [1.807, 2.05) is 24.0 Å². The van der Waals surface area contributed by atoms with Gasteiger partial charge in [0.25, 0.3) is 0 Å². The summed E-state index contributed by atoms with van der Waals surface area (Å²) in [7, 11) is 0. The molecule has 0 spiro atoms. The molecule has 3 rings (SSSR count). The summed E-state index contributed by atoms with van der Waals surface area (Å²) < 4.78 is 11.1. The maximum Gasteiger partial charge on any atom is 0.230 e. The van der Waals surface area contributed by atoms with E-state index in [4.69, 9.17) is 9.26 Å². The first-order valence-electron chi connectivity index (χ1n) is 10.2. The van der Waals surface area contributed by atoms with E-state index >= 15 is 0 Å². The highest BCUT2D eigenvalue weighted by Crippen LogP contribution is 2.18. The van der Waals surface area contributed by atoms with Crippen molar-refractivity contribution in [1.29, 1.82) is 0 Å². The molecule has 0 radical (unpaired) electrons. The van der Waals surface area contributed by atoms with Gasteiger partial charge in [0.15, 0.2) is 0 Å². The van der Waals surface area contributed by atoms with Crippen molar-refractivity contribution >= 4 is 5.91 Å². The summed E-state index contributed by atoms with van der Waals surface area (Å²) in [4.78, 5) is 16.9. The molecule has 0 aliphatic carbocycles. The number of benzene rings is 1. The Hall–Kier alpha value is -2.34. The third-order valence-corrected chi connectivity index (χ3v) is 5.16. The maximum atomic E-state index is 12.6. The van der Waals surface area contributed by atoms with E-state index in [9.17, 15) is 4.79 Å². The lowest BCUT2D eigenvalue weighted by molar-refractivity contribution is -0.130. The predicted octanol–water partition coefficient (Wildman–Crippen LogP) is 3.44. The Morgan fingerprint density at radius 3 is 2.86 bits per heavy atom. The first kappa shape index (κ1) is 20.4. The van der Waals surface area contributed by atoms with E-state index in [-0.39, 0.29) is 18.4 Å². The summed E-state index contributed by atoms with van der Waals surface area (Å²) in [6.07, 6.45) is 2.48. The summed E-state index contributed by atoms with van der Waals surface area (Å²) in [5.74, 6) is 1.68. The number of ether oxygens (including phenoxy) is 1. The van der Waals surface area contributed by atoms with Crippen LogP contribution >= 0.6 is 0 Å². The second-order valence-electron chi connectivity index (χ2n) is 7.61. The smallest absolute Gasteiger partial charge is 0.230 e. The predicted molar refractivity (Wildman–Crippen MR) is 108 cm³/mol. The zero-order chi connectivity index (χ0) is 19.9. The van der Waals surface area contributed by atoms with E-state index in [1.54, 1.807) is 0 Å². The maximum absolute atomic E-state index is 12.6. The van der Waals surface area contributed by atoms with Crippen LogP contribution in [-0.2, 0) is 17.8 Å². The largest absolute Gasteiger partial charge is 0.491 e. The fourth-order valence-corrected chi connectivity index (χ4v) is 3.43. The SMILES string of the molecule is CCC(C)Oc1cccc(CN2CCCN(C(=O)Cc3cc(C)no3)CC2)c1. The lowest BCUT2D eigenvalue weighted by Gasteiger charge is -2.22. The Morgan fingerprint density at radius 1 is 1.25 bits per heavy atom. The van der Waals surface area contributed by atoms with Gasteiger partial charge in [-0.2, -0.15) is 0 Å². The van der Waals surface area contributed by atoms with Crippen molar-refractivity contribution < 1.29 is 14.1 Å². The fraction of sp³-hybridized carbons (Fsp3) is 0.545. The van der Waals surface area contributed by atoms with Crippen molar-refractivity contribution in [2.24, 2.45) is 0 Å². The van der Waals surface area contributed by atoms with E-state index in [1.165, 1.54) is 5.56 Å². The first-order valence-corrected chi connectivity index (χ1v) is 10.2. The number of nitrogens with zero attached hydrogens (tertiary/aromatic N) is 3. The van der Waals surface area contributed by atoms with Gasteiger partial charge in [0, 0.05) is 38.8 Å². The lowest BCUT2D eigenvalue weighted by atomic mass is 10.2. The molecule has 6 nitrogen and oxygen atoms in total. The molecule has 1 aromatic carbocycles. The zero-order valence-corrected chi connectivity index (χ0v) is 17.2. The lowest BCUT2D eigenvalue weighted by Crippen LogP contribution is -2.36. The molecule has 0 saturated carbocycles. The molecule has 0 N–H and O–H groups in total. The van der Waals surface area contributed by atoms with Crippen LogP contribution in [0.4, 0.5) is 0 Å². The molecule has 1 aliphatic heterocycles. The van der Waals surface area contributed by atoms with Crippen molar-refractivity contribution in [3.63, 3.8) is 0 Å². The molecule has 1 aliphatic rings. The minimum absolute atomic E-state index is 0.113. The molecular weight excluding hydrogens is 354 g/mol. The normalized spacial score (nSPS) is 16.6. The summed E-state index contributed by atoms with van der Waals surface area (Å²) in [6.45, 7) is 10.4. The molecule has 1 amide bonds. The number of hydrogen-bond acceptors (Lipinski definition) is 5. The summed E-state index contributed by atoms with van der Waals surface area (Å²) in [6, 6.07) is 10.2. The number of hydrogen-bond donors (Lipinski definition) is 0. The van der Waals surface area contributed by atoms with Gasteiger partial charge < -0.3 is 14.2 Å². The highest BCUT2D eigenvalue weighted by Gasteiger charge is 2.20. The van der Waals surface area contributed by atoms with Crippen LogP contribution in [0.1, 0.15) is 43.7 Å². The van der Waals surface area contributed by atoms with E-state index < -0.39 is 0 Å². The topological polar surface area (TPSA) is 58.8 Å². The summed E-state index contributed by atoms with van der Waals surface area (Å²) >= 11 is 0. The molecule has 1 unspecified atom stereocenters. The van der Waals surface area contributed by atoms with Crippen LogP contribution in [0, 0.1) is 6.92 Å². The van der Waals surface area contributed by atoms with Gasteiger partial charge in [-0.1, -0.05) is 24.2 Å². The van der Waals surface area contributed by atoms with Gasteiger partial charge in [-0.3, -0.25) is 9.69 Å². The fourth-order valence-electron chi connectivity index (χ4n) is 3.43. The summed E-state index contributed by atoms with van der Waals surface area (Å²) in [5.41, 5.74) is 2.06. The molecule has 1 aromatic heterocycles. The molecule has 1 atom stereocenters. The number of carbonyl (C=O) groups is 1. The van der Waals surface area contributed by atoms with Crippen LogP contribution in [0.15, 0.2) is 34.9 Å². The number of carbonyl (C=O) groups excluding carboxylic acids is 1. The van der Waals surface area contributed by atoms with Gasteiger partial charge in [-0.25, -0.2) is 0 Å². The number of amides is 1. The third-order valence-electron chi connectivity index (χ3n) is 5.16. The highest BCUT2D eigenvalue weighted by molar-refractivity contribution is 5.78. The van der Waals surface area contributed by atoms with E-state index in [0.717, 1.165) is 57.0 Å². The van der Waals surface area contributed by atoms with Crippen molar-refractivity contribution in [3.8, 4) is 5.75 Å². The Morgan fingerprint density at radius 2 is 2.11 bits per heavy atom. The minimum Gasteiger partial charge on any atom is -0.491 e. The van der Waals surface area contributed by atoms with Crippen LogP contribution in [0.2, 0.25) is 0 Å². The molecule has 0 bridgehead atoms. The monoisotopic (exact) mass is 385 g/mol. The van der Waals surface area contributed by atoms with Gasteiger partial charge in [-0.15, -0.1) is 0 Å². The number of aryl methyl sites for hydroxylation is 1. The molecule has 2 aromatic rings. The number of rotatable bonds is 7. The van der Waals surface area contributed by atoms with Crippen molar-refractivity contribution in [2.75, 3.05) is 26.2 Å². The van der Waals surface area contributed by atoms with Crippen molar-refractivity contribution in [3.05, 3.63) is 47.3 Å². The third kappa shape index (κ3) is 5.83. The van der Waals surface area contributed by atoms with Crippen molar-refractivity contribution in [1.82, 2.24) is 15.0 Å². The molecule has 6 heteroatoms. The first-order chi connectivity index (χ1) is 13.5. The number of aromatic nitrogens is 1. The molecule has 152 valence electrons.